The van der Waals surface area contributed by atoms with Gasteiger partial charge in [0.2, 0.25) is 11.8 Å². The van der Waals surface area contributed by atoms with E-state index in [9.17, 15) is 29.4 Å². The lowest BCUT2D eigenvalue weighted by molar-refractivity contribution is -0.161. The lowest BCUT2D eigenvalue weighted by Gasteiger charge is -2.43. The Morgan fingerprint density at radius 1 is 1.19 bits per heavy atom. The number of hydrogen-bond donors (Lipinski definition) is 3. The van der Waals surface area contributed by atoms with Crippen LogP contribution in [-0.4, -0.2) is 61.1 Å². The van der Waals surface area contributed by atoms with Gasteiger partial charge >= 0.3 is 11.9 Å². The number of carboxylic acid groups (broad SMARTS) is 2. The molecule has 3 N–H and O–H groups in total. The summed E-state index contributed by atoms with van der Waals surface area (Å²) in [5.74, 6) is -5.16. The van der Waals surface area contributed by atoms with Crippen molar-refractivity contribution < 1.29 is 29.4 Å². The van der Waals surface area contributed by atoms with Gasteiger partial charge in [0, 0.05) is 4.75 Å². The lowest BCUT2D eigenvalue weighted by atomic mass is 9.94. The number of rotatable bonds is 5. The molecule has 2 amide bonds. The molecule has 2 heterocycles. The maximum atomic E-state index is 12.5. The highest BCUT2D eigenvalue weighted by atomic mass is 32.2. The molecule has 2 saturated heterocycles. The maximum absolute atomic E-state index is 12.5. The predicted molar refractivity (Wildman–Crippen MR) is 92.5 cm³/mol. The number of nitrogens with one attached hydrogen (secondary N) is 1. The topological polar surface area (TPSA) is 124 Å². The van der Waals surface area contributed by atoms with Crippen molar-refractivity contribution >= 4 is 35.5 Å². The third kappa shape index (κ3) is 2.82. The minimum absolute atomic E-state index is 0.309. The van der Waals surface area contributed by atoms with Crippen molar-refractivity contribution in [3.63, 3.8) is 0 Å². The van der Waals surface area contributed by atoms with Crippen LogP contribution in [0.3, 0.4) is 0 Å². The molecule has 1 aromatic carbocycles. The van der Waals surface area contributed by atoms with Crippen LogP contribution in [0, 0.1) is 0 Å². The Bertz CT molecular complexity index is 781. The van der Waals surface area contributed by atoms with Crippen LogP contribution in [0.1, 0.15) is 25.3 Å². The molecular formula is C17H18N2O6S. The molecular weight excluding hydrogens is 360 g/mol. The summed E-state index contributed by atoms with van der Waals surface area (Å²) in [6.45, 7) is 3.45. The zero-order chi connectivity index (χ0) is 19.2. The van der Waals surface area contributed by atoms with Crippen molar-refractivity contribution in [2.24, 2.45) is 0 Å². The number of aliphatic carboxylic acids is 2. The summed E-state index contributed by atoms with van der Waals surface area (Å²) < 4.78 is -0.711. The number of fused-ring (bicyclic) bond motifs is 1. The second-order valence-corrected chi connectivity index (χ2v) is 8.54. The monoisotopic (exact) mass is 378 g/mol. The standard InChI is InChI=1S/C17H18N2O6S/c1-17(2)11(16(24)25)19-13(21)10(14(19)26-17)18-12(20)9(15(22)23)8-6-4-3-5-7-8/h3-7,9-11,14H,1-2H3,(H,18,20)(H,22,23)(H,24,25)/t9?,10-,11?,14-/m1/s1. The highest BCUT2D eigenvalue weighted by Crippen LogP contribution is 2.50. The number of carboxylic acids is 2. The summed E-state index contributed by atoms with van der Waals surface area (Å²) in [7, 11) is 0. The van der Waals surface area contributed by atoms with Crippen molar-refractivity contribution in [3.05, 3.63) is 35.9 Å². The van der Waals surface area contributed by atoms with E-state index in [1.165, 1.54) is 28.8 Å². The van der Waals surface area contributed by atoms with E-state index in [-0.39, 0.29) is 0 Å². The molecule has 2 fully saturated rings. The van der Waals surface area contributed by atoms with Gasteiger partial charge in [-0.25, -0.2) is 4.79 Å². The third-order valence-electron chi connectivity index (χ3n) is 4.61. The molecule has 2 aliphatic heterocycles. The van der Waals surface area contributed by atoms with Gasteiger partial charge in [-0.15, -0.1) is 11.8 Å². The van der Waals surface area contributed by atoms with Crippen LogP contribution in [0.5, 0.6) is 0 Å². The van der Waals surface area contributed by atoms with Gasteiger partial charge in [-0.05, 0) is 19.4 Å². The van der Waals surface area contributed by atoms with E-state index in [0.29, 0.717) is 5.56 Å². The maximum Gasteiger partial charge on any atom is 0.327 e. The second kappa shape index (κ2) is 6.31. The number of hydrogen-bond acceptors (Lipinski definition) is 5. The van der Waals surface area contributed by atoms with Crippen LogP contribution in [0.15, 0.2) is 30.3 Å². The Balaban J connectivity index is 1.78. The summed E-state index contributed by atoms with van der Waals surface area (Å²) in [4.78, 5) is 49.2. The number of thioether (sulfide) groups is 1. The van der Waals surface area contributed by atoms with E-state index in [1.54, 1.807) is 32.0 Å². The number of carbonyl (C=O) groups is 4. The highest BCUT2D eigenvalue weighted by Gasteiger charge is 2.64. The fraction of sp³-hybridized carbons (Fsp3) is 0.412. The largest absolute Gasteiger partial charge is 0.480 e. The van der Waals surface area contributed by atoms with Gasteiger partial charge in [0.05, 0.1) is 0 Å². The zero-order valence-corrected chi connectivity index (χ0v) is 14.9. The van der Waals surface area contributed by atoms with Gasteiger partial charge < -0.3 is 20.4 Å². The molecule has 0 aliphatic carbocycles. The van der Waals surface area contributed by atoms with Crippen molar-refractivity contribution in [3.8, 4) is 0 Å². The van der Waals surface area contributed by atoms with E-state index in [1.807, 2.05) is 0 Å². The quantitative estimate of drug-likeness (QED) is 0.503. The number of benzene rings is 1. The number of β-lactam (4-membered cyclic amide) rings is 1. The van der Waals surface area contributed by atoms with Gasteiger partial charge in [-0.1, -0.05) is 30.3 Å². The SMILES string of the molecule is CC1(C)S[C@@H]2[C@H](NC(=O)C(C(=O)O)c3ccccc3)C(=O)N2C1C(=O)O. The molecule has 0 saturated carbocycles. The van der Waals surface area contributed by atoms with Crippen LogP contribution in [0.2, 0.25) is 0 Å². The number of carbonyl (C=O) groups excluding carboxylic acids is 2. The molecule has 9 heteroatoms. The van der Waals surface area contributed by atoms with E-state index in [4.69, 9.17) is 0 Å². The van der Waals surface area contributed by atoms with E-state index in [0.717, 1.165) is 0 Å². The van der Waals surface area contributed by atoms with E-state index in [2.05, 4.69) is 5.32 Å². The second-order valence-electron chi connectivity index (χ2n) is 6.77. The van der Waals surface area contributed by atoms with Crippen molar-refractivity contribution in [2.45, 2.75) is 42.0 Å². The fourth-order valence-corrected chi connectivity index (χ4v) is 5.06. The average Bonchev–Trinajstić information content (AvgIpc) is 2.82. The first-order chi connectivity index (χ1) is 12.1. The van der Waals surface area contributed by atoms with Gasteiger partial charge in [0.1, 0.15) is 17.5 Å². The first kappa shape index (κ1) is 18.2. The Hall–Kier alpha value is -2.55. The predicted octanol–water partition coefficient (Wildman–Crippen LogP) is 0.486. The Morgan fingerprint density at radius 2 is 1.81 bits per heavy atom. The van der Waals surface area contributed by atoms with Crippen molar-refractivity contribution in [2.75, 3.05) is 0 Å². The summed E-state index contributed by atoms with van der Waals surface area (Å²) in [6.07, 6.45) is 0. The molecule has 0 spiro atoms. The zero-order valence-electron chi connectivity index (χ0n) is 14.1. The summed E-state index contributed by atoms with van der Waals surface area (Å²) >= 11 is 1.29. The summed E-state index contributed by atoms with van der Waals surface area (Å²) in [5.41, 5.74) is 0.309. The first-order valence-electron chi connectivity index (χ1n) is 7.96. The molecule has 1 aromatic rings. The number of nitrogens with zero attached hydrogens (tertiary/aromatic N) is 1. The molecule has 4 atom stereocenters. The number of amides is 2. The van der Waals surface area contributed by atoms with Gasteiger partial charge in [0.15, 0.2) is 5.92 Å². The minimum Gasteiger partial charge on any atom is -0.480 e. The van der Waals surface area contributed by atoms with E-state index >= 15 is 0 Å². The highest BCUT2D eigenvalue weighted by molar-refractivity contribution is 8.01. The Kier molecular flexibility index (Phi) is 4.43. The first-order valence-corrected chi connectivity index (χ1v) is 8.84. The minimum atomic E-state index is -1.44. The van der Waals surface area contributed by atoms with Crippen LogP contribution in [-0.2, 0) is 19.2 Å². The third-order valence-corrected chi connectivity index (χ3v) is 6.19. The molecule has 3 rings (SSSR count). The fourth-order valence-electron chi connectivity index (χ4n) is 3.43. The molecule has 2 unspecified atom stereocenters. The molecule has 26 heavy (non-hydrogen) atoms. The van der Waals surface area contributed by atoms with E-state index < -0.39 is 51.9 Å². The lowest BCUT2D eigenvalue weighted by Crippen LogP contribution is -2.71. The Labute approximate surface area is 153 Å². The molecule has 0 bridgehead atoms. The Morgan fingerprint density at radius 3 is 2.35 bits per heavy atom. The average molecular weight is 378 g/mol. The molecule has 8 nitrogen and oxygen atoms in total. The van der Waals surface area contributed by atoms with Crippen LogP contribution < -0.4 is 5.32 Å². The molecule has 2 aliphatic rings. The molecule has 138 valence electrons. The molecule has 0 radical (unpaired) electrons. The van der Waals surface area contributed by atoms with Crippen LogP contribution in [0.4, 0.5) is 0 Å². The van der Waals surface area contributed by atoms with Crippen molar-refractivity contribution in [1.82, 2.24) is 10.2 Å². The van der Waals surface area contributed by atoms with Gasteiger partial charge in [0.25, 0.3) is 0 Å². The molecule has 0 aromatic heterocycles. The van der Waals surface area contributed by atoms with Crippen LogP contribution >= 0.6 is 11.8 Å². The summed E-state index contributed by atoms with van der Waals surface area (Å²) in [6, 6.07) is 6.10. The smallest absolute Gasteiger partial charge is 0.327 e. The van der Waals surface area contributed by atoms with Gasteiger partial charge in [-0.2, -0.15) is 0 Å². The van der Waals surface area contributed by atoms with Crippen molar-refractivity contribution in [1.29, 1.82) is 0 Å². The van der Waals surface area contributed by atoms with Crippen LogP contribution in [0.25, 0.3) is 0 Å². The van der Waals surface area contributed by atoms with Gasteiger partial charge in [-0.3, -0.25) is 14.4 Å². The summed E-state index contributed by atoms with van der Waals surface area (Å²) in [5, 5.41) is 20.8. The normalized spacial score (nSPS) is 27.2.